The van der Waals surface area contributed by atoms with E-state index < -0.39 is 15.6 Å². The average molecular weight is 531 g/mol. The maximum atomic E-state index is 13.1. The summed E-state index contributed by atoms with van der Waals surface area (Å²) >= 11 is 0. The first-order chi connectivity index (χ1) is 17.5. The maximum absolute atomic E-state index is 13.1. The van der Waals surface area contributed by atoms with E-state index in [0.717, 1.165) is 11.1 Å². The molecule has 2 aliphatic rings. The zero-order valence-electron chi connectivity index (χ0n) is 21.2. The van der Waals surface area contributed by atoms with E-state index in [1.165, 1.54) is 33.5 Å². The van der Waals surface area contributed by atoms with Gasteiger partial charge in [-0.15, -0.1) is 0 Å². The molecule has 4 rings (SSSR count). The lowest BCUT2D eigenvalue weighted by Gasteiger charge is -2.34. The van der Waals surface area contributed by atoms with E-state index in [4.69, 9.17) is 4.74 Å². The van der Waals surface area contributed by atoms with Gasteiger partial charge >= 0.3 is 0 Å². The minimum atomic E-state index is -3.54. The van der Waals surface area contributed by atoms with Gasteiger partial charge in [0, 0.05) is 32.7 Å². The van der Waals surface area contributed by atoms with Crippen molar-refractivity contribution in [3.63, 3.8) is 0 Å². The smallest absolute Gasteiger partial charge is 0.253 e. The summed E-state index contributed by atoms with van der Waals surface area (Å²) in [5.74, 6) is 0.0305. The van der Waals surface area contributed by atoms with Crippen LogP contribution in [0.1, 0.15) is 34.3 Å². The van der Waals surface area contributed by atoms with Gasteiger partial charge in [-0.3, -0.25) is 14.6 Å². The normalized spacial score (nSPS) is 17.4. The molecule has 0 aliphatic carbocycles. The molecule has 1 saturated heterocycles. The Balaban J connectivity index is 1.33. The van der Waals surface area contributed by atoms with Crippen LogP contribution in [0.2, 0.25) is 0 Å². The number of benzene rings is 2. The summed E-state index contributed by atoms with van der Waals surface area (Å²) in [4.78, 5) is 30.9. The van der Waals surface area contributed by atoms with Gasteiger partial charge in [0.15, 0.2) is 0 Å². The summed E-state index contributed by atoms with van der Waals surface area (Å²) in [5, 5.41) is 2.74. The van der Waals surface area contributed by atoms with Crippen molar-refractivity contribution in [2.24, 2.45) is 4.99 Å². The molecule has 9 nitrogen and oxygen atoms in total. The summed E-state index contributed by atoms with van der Waals surface area (Å²) in [6, 6.07) is 10.9. The lowest BCUT2D eigenvalue weighted by Crippen LogP contribution is -2.51. The highest BCUT2D eigenvalue weighted by molar-refractivity contribution is 7.89. The highest BCUT2D eigenvalue weighted by Gasteiger charge is 2.47. The number of carbonyl (C=O) groups is 2. The van der Waals surface area contributed by atoms with Crippen LogP contribution in [0.5, 0.6) is 5.75 Å². The third-order valence-corrected chi connectivity index (χ3v) is 8.66. The van der Waals surface area contributed by atoms with Crippen molar-refractivity contribution in [3.05, 3.63) is 65.0 Å². The Bertz CT molecular complexity index is 1320. The standard InChI is InChI=1S/C26H31FN4O5S/c1-18-16-20(24(32)30(2)3)5-4-19(18)10-15-37(34,35)31-13-11-26(12-14-31)25(33)28-23(29-26)17-36-22-8-6-21(27)7-9-22/h4-9,16H,10-15,17H2,1-3H3,(H,28,29,33). The topological polar surface area (TPSA) is 108 Å². The number of aryl methyl sites for hydroxylation is 2. The maximum Gasteiger partial charge on any atom is 0.253 e. The van der Waals surface area contributed by atoms with Gasteiger partial charge in [-0.25, -0.2) is 17.1 Å². The predicted molar refractivity (Wildman–Crippen MR) is 138 cm³/mol. The van der Waals surface area contributed by atoms with Gasteiger partial charge in [0.2, 0.25) is 10.0 Å². The molecule has 2 aromatic carbocycles. The summed E-state index contributed by atoms with van der Waals surface area (Å²) in [6.07, 6.45) is 0.882. The molecule has 1 fully saturated rings. The number of halogens is 1. The molecule has 1 N–H and O–H groups in total. The van der Waals surface area contributed by atoms with Crippen molar-refractivity contribution in [1.82, 2.24) is 14.5 Å². The molecular formula is C26H31FN4O5S. The zero-order chi connectivity index (χ0) is 26.8. The number of nitrogens with one attached hydrogen (secondary N) is 1. The Hall–Kier alpha value is -3.31. The van der Waals surface area contributed by atoms with Crippen LogP contribution < -0.4 is 10.1 Å². The number of amides is 2. The largest absolute Gasteiger partial charge is 0.486 e. The molecule has 0 atom stereocenters. The van der Waals surface area contributed by atoms with E-state index >= 15 is 0 Å². The van der Waals surface area contributed by atoms with E-state index in [9.17, 15) is 22.4 Å². The van der Waals surface area contributed by atoms with E-state index in [-0.39, 0.29) is 55.9 Å². The second-order valence-corrected chi connectivity index (χ2v) is 11.7. The van der Waals surface area contributed by atoms with Gasteiger partial charge in [0.05, 0.1) is 5.75 Å². The number of nitrogens with zero attached hydrogens (tertiary/aromatic N) is 3. The molecule has 0 bridgehead atoms. The van der Waals surface area contributed by atoms with Gasteiger partial charge in [0.1, 0.15) is 29.5 Å². The molecule has 0 saturated carbocycles. The molecular weight excluding hydrogens is 499 g/mol. The molecule has 2 aromatic rings. The minimum Gasteiger partial charge on any atom is -0.486 e. The lowest BCUT2D eigenvalue weighted by atomic mass is 9.89. The summed E-state index contributed by atoms with van der Waals surface area (Å²) < 4.78 is 46.2. The Morgan fingerprint density at radius 2 is 1.84 bits per heavy atom. The summed E-state index contributed by atoms with van der Waals surface area (Å²) in [6.45, 7) is 2.29. The zero-order valence-corrected chi connectivity index (χ0v) is 22.0. The van der Waals surface area contributed by atoms with Gasteiger partial charge in [-0.1, -0.05) is 6.07 Å². The highest BCUT2D eigenvalue weighted by atomic mass is 32.2. The number of piperidine rings is 1. The van der Waals surface area contributed by atoms with Crippen molar-refractivity contribution in [3.8, 4) is 5.75 Å². The lowest BCUT2D eigenvalue weighted by molar-refractivity contribution is -0.124. The Kier molecular flexibility index (Phi) is 7.65. The summed E-state index contributed by atoms with van der Waals surface area (Å²) in [5.41, 5.74) is 1.30. The quantitative estimate of drug-likeness (QED) is 0.563. The van der Waals surface area contributed by atoms with E-state index in [1.807, 2.05) is 6.92 Å². The molecule has 2 amide bonds. The molecule has 0 unspecified atom stereocenters. The van der Waals surface area contributed by atoms with Crippen LogP contribution >= 0.6 is 0 Å². The minimum absolute atomic E-state index is 0.0272. The first-order valence-electron chi connectivity index (χ1n) is 12.1. The number of amidine groups is 1. The van der Waals surface area contributed by atoms with Crippen LogP contribution in [0, 0.1) is 12.7 Å². The molecule has 0 aromatic heterocycles. The fourth-order valence-corrected chi connectivity index (χ4v) is 6.02. The van der Waals surface area contributed by atoms with Crippen LogP contribution in [0.3, 0.4) is 0 Å². The molecule has 0 radical (unpaired) electrons. The number of aliphatic imine (C=N–C) groups is 1. The van der Waals surface area contributed by atoms with E-state index in [1.54, 1.807) is 32.3 Å². The number of rotatable bonds is 8. The second-order valence-electron chi connectivity index (χ2n) is 9.59. The number of hydrogen-bond donors (Lipinski definition) is 1. The fourth-order valence-electron chi connectivity index (χ4n) is 4.54. The second kappa shape index (κ2) is 10.6. The molecule has 1 spiro atoms. The number of sulfonamides is 1. The predicted octanol–water partition coefficient (Wildman–Crippen LogP) is 2.15. The first-order valence-corrected chi connectivity index (χ1v) is 13.7. The Morgan fingerprint density at radius 3 is 2.46 bits per heavy atom. The molecule has 11 heteroatoms. The van der Waals surface area contributed by atoms with Crippen LogP contribution in [0.4, 0.5) is 4.39 Å². The Labute approximate surface area is 216 Å². The van der Waals surface area contributed by atoms with Gasteiger partial charge in [0.25, 0.3) is 11.8 Å². The van der Waals surface area contributed by atoms with Gasteiger partial charge in [-0.2, -0.15) is 0 Å². The van der Waals surface area contributed by atoms with Crippen molar-refractivity contribution >= 4 is 27.7 Å². The molecule has 2 aliphatic heterocycles. The monoisotopic (exact) mass is 530 g/mol. The average Bonchev–Trinajstić information content (AvgIpc) is 3.16. The van der Waals surface area contributed by atoms with Crippen LogP contribution in [-0.4, -0.2) is 80.4 Å². The number of ether oxygens (including phenoxy) is 1. The first kappa shape index (κ1) is 26.7. The number of hydrogen-bond acceptors (Lipinski definition) is 6. The van der Waals surface area contributed by atoms with Crippen LogP contribution in [0.15, 0.2) is 47.5 Å². The summed E-state index contributed by atoms with van der Waals surface area (Å²) in [7, 11) is -0.173. The third-order valence-electron chi connectivity index (χ3n) is 6.79. The van der Waals surface area contributed by atoms with Crippen molar-refractivity contribution < 1.29 is 27.1 Å². The van der Waals surface area contributed by atoms with Crippen LogP contribution in [0.25, 0.3) is 0 Å². The molecule has 37 heavy (non-hydrogen) atoms. The highest BCUT2D eigenvalue weighted by Crippen LogP contribution is 2.31. The van der Waals surface area contributed by atoms with E-state index in [2.05, 4.69) is 10.3 Å². The molecule has 2 heterocycles. The third kappa shape index (κ3) is 5.99. The van der Waals surface area contributed by atoms with E-state index in [0.29, 0.717) is 23.6 Å². The SMILES string of the molecule is Cc1cc(C(=O)N(C)C)ccc1CCS(=O)(=O)N1CCC2(CC1)N=C(COc1ccc(F)cc1)NC2=O. The Morgan fingerprint density at radius 1 is 1.16 bits per heavy atom. The fraction of sp³-hybridized carbons (Fsp3) is 0.423. The van der Waals surface area contributed by atoms with Crippen molar-refractivity contribution in [1.29, 1.82) is 0 Å². The molecule has 198 valence electrons. The van der Waals surface area contributed by atoms with Crippen molar-refractivity contribution in [2.75, 3.05) is 39.5 Å². The van der Waals surface area contributed by atoms with Crippen LogP contribution in [-0.2, 0) is 21.2 Å². The van der Waals surface area contributed by atoms with Gasteiger partial charge in [-0.05, 0) is 73.7 Å². The van der Waals surface area contributed by atoms with Gasteiger partial charge < -0.3 is 15.0 Å². The number of carbonyl (C=O) groups excluding carboxylic acids is 2. The van der Waals surface area contributed by atoms with Crippen molar-refractivity contribution in [2.45, 2.75) is 31.7 Å².